The van der Waals surface area contributed by atoms with E-state index in [9.17, 15) is 25.5 Å². The molecule has 6 atom stereocenters. The maximum absolute atomic E-state index is 10.8. The molecule has 30 heavy (non-hydrogen) atoms. The van der Waals surface area contributed by atoms with Crippen LogP contribution in [0.1, 0.15) is 22.9 Å². The second-order valence-corrected chi connectivity index (χ2v) is 7.79. The summed E-state index contributed by atoms with van der Waals surface area (Å²) in [6.07, 6.45) is -8.02. The molecule has 8 nitrogen and oxygen atoms in total. The fraction of sp³-hybridized carbons (Fsp3) is 0.409. The standard InChI is InChI=1S/C22H25NO7/c1-10-7-12(13-4-6-16-15(8-13)11(2)23-30-16)3-5-14(10)18(25)22-21(28)20(27)19(26)17(9-24)29-22/h3-8,17-22,24-28H,9H2,1-2H3/t17-,18-,19-,20+,21+,22-/m1/s1. The Bertz CT molecular complexity index is 1050. The third-order valence-corrected chi connectivity index (χ3v) is 5.81. The molecular formula is C22H25NO7. The highest BCUT2D eigenvalue weighted by Crippen LogP contribution is 2.34. The van der Waals surface area contributed by atoms with Gasteiger partial charge < -0.3 is 34.8 Å². The van der Waals surface area contributed by atoms with Crippen LogP contribution in [-0.4, -0.2) is 67.8 Å². The summed E-state index contributed by atoms with van der Waals surface area (Å²) < 4.78 is 10.7. The summed E-state index contributed by atoms with van der Waals surface area (Å²) in [5.41, 5.74) is 4.69. The van der Waals surface area contributed by atoms with E-state index in [1.54, 1.807) is 6.07 Å². The van der Waals surface area contributed by atoms with E-state index >= 15 is 0 Å². The van der Waals surface area contributed by atoms with E-state index in [1.807, 2.05) is 44.2 Å². The summed E-state index contributed by atoms with van der Waals surface area (Å²) in [5.74, 6) is 0. The third kappa shape index (κ3) is 3.51. The van der Waals surface area contributed by atoms with Gasteiger partial charge in [-0.3, -0.25) is 0 Å². The lowest BCUT2D eigenvalue weighted by Crippen LogP contribution is -2.59. The normalized spacial score (nSPS) is 28.0. The SMILES string of the molecule is Cc1cc(-c2ccc3onc(C)c3c2)ccc1[C@@H](O)[C@H]1O[C@H](CO)[C@@H](O)[C@H](O)[C@@H]1O. The average molecular weight is 415 g/mol. The molecule has 1 fully saturated rings. The van der Waals surface area contributed by atoms with Crippen molar-refractivity contribution >= 4 is 11.0 Å². The number of hydrogen-bond donors (Lipinski definition) is 5. The predicted molar refractivity (Wildman–Crippen MR) is 108 cm³/mol. The summed E-state index contributed by atoms with van der Waals surface area (Å²) in [7, 11) is 0. The molecule has 0 unspecified atom stereocenters. The number of aliphatic hydroxyl groups is 5. The van der Waals surface area contributed by atoms with Crippen LogP contribution in [0, 0.1) is 13.8 Å². The van der Waals surface area contributed by atoms with Crippen molar-refractivity contribution in [2.75, 3.05) is 6.61 Å². The van der Waals surface area contributed by atoms with Crippen LogP contribution in [0.4, 0.5) is 0 Å². The Morgan fingerprint density at radius 1 is 0.967 bits per heavy atom. The molecule has 2 heterocycles. The average Bonchev–Trinajstić information content (AvgIpc) is 3.12. The van der Waals surface area contributed by atoms with Crippen LogP contribution in [0.2, 0.25) is 0 Å². The number of nitrogens with zero attached hydrogens (tertiary/aromatic N) is 1. The number of ether oxygens (including phenoxy) is 1. The molecular weight excluding hydrogens is 390 g/mol. The first kappa shape index (κ1) is 20.9. The molecule has 0 radical (unpaired) electrons. The van der Waals surface area contributed by atoms with Gasteiger partial charge in [-0.25, -0.2) is 0 Å². The molecule has 1 aliphatic rings. The van der Waals surface area contributed by atoms with Crippen molar-refractivity contribution in [3.8, 4) is 11.1 Å². The maximum atomic E-state index is 10.8. The Balaban J connectivity index is 1.63. The first-order chi connectivity index (χ1) is 14.3. The first-order valence-electron chi connectivity index (χ1n) is 9.77. The molecule has 0 bridgehead atoms. The van der Waals surface area contributed by atoms with E-state index in [2.05, 4.69) is 5.16 Å². The maximum Gasteiger partial charge on any atom is 0.167 e. The molecule has 1 aromatic heterocycles. The fourth-order valence-electron chi connectivity index (χ4n) is 3.99. The van der Waals surface area contributed by atoms with Crippen LogP contribution in [-0.2, 0) is 4.74 Å². The molecule has 160 valence electrons. The molecule has 3 aromatic rings. The fourth-order valence-corrected chi connectivity index (χ4v) is 3.99. The van der Waals surface area contributed by atoms with E-state index in [0.29, 0.717) is 11.1 Å². The quantitative estimate of drug-likeness (QED) is 0.426. The van der Waals surface area contributed by atoms with Gasteiger partial charge in [-0.15, -0.1) is 0 Å². The van der Waals surface area contributed by atoms with Crippen molar-refractivity contribution in [1.82, 2.24) is 5.16 Å². The van der Waals surface area contributed by atoms with Gasteiger partial charge in [0.2, 0.25) is 0 Å². The first-order valence-corrected chi connectivity index (χ1v) is 9.77. The Kier molecular flexibility index (Phi) is 5.63. The predicted octanol–water partition coefficient (Wildman–Crippen LogP) is 0.987. The molecule has 2 aromatic carbocycles. The molecule has 1 saturated heterocycles. The zero-order valence-electron chi connectivity index (χ0n) is 16.6. The van der Waals surface area contributed by atoms with Crippen LogP contribution >= 0.6 is 0 Å². The summed E-state index contributed by atoms with van der Waals surface area (Å²) in [6, 6.07) is 11.3. The second kappa shape index (κ2) is 8.07. The highest BCUT2D eigenvalue weighted by molar-refractivity contribution is 5.85. The summed E-state index contributed by atoms with van der Waals surface area (Å²) in [4.78, 5) is 0. The summed E-state index contributed by atoms with van der Waals surface area (Å²) >= 11 is 0. The van der Waals surface area contributed by atoms with Crippen molar-refractivity contribution in [2.45, 2.75) is 50.5 Å². The zero-order chi connectivity index (χ0) is 21.6. The minimum atomic E-state index is -1.53. The van der Waals surface area contributed by atoms with Crippen molar-refractivity contribution in [2.24, 2.45) is 0 Å². The Hall–Kier alpha value is -2.33. The minimum Gasteiger partial charge on any atom is -0.394 e. The van der Waals surface area contributed by atoms with E-state index in [-0.39, 0.29) is 0 Å². The number of fused-ring (bicyclic) bond motifs is 1. The number of rotatable bonds is 4. The van der Waals surface area contributed by atoms with E-state index < -0.39 is 43.2 Å². The van der Waals surface area contributed by atoms with E-state index in [0.717, 1.165) is 27.8 Å². The molecule has 4 rings (SSSR count). The van der Waals surface area contributed by atoms with Crippen LogP contribution in [0.15, 0.2) is 40.9 Å². The van der Waals surface area contributed by atoms with Gasteiger partial charge in [0.25, 0.3) is 0 Å². The van der Waals surface area contributed by atoms with Crippen LogP contribution in [0.5, 0.6) is 0 Å². The van der Waals surface area contributed by atoms with Crippen LogP contribution in [0.25, 0.3) is 22.1 Å². The molecule has 1 aliphatic heterocycles. The van der Waals surface area contributed by atoms with Gasteiger partial charge in [0, 0.05) is 5.39 Å². The lowest BCUT2D eigenvalue weighted by molar-refractivity contribution is -0.250. The second-order valence-electron chi connectivity index (χ2n) is 7.79. The number of hydrogen-bond acceptors (Lipinski definition) is 8. The minimum absolute atomic E-state index is 0.519. The number of aliphatic hydroxyl groups excluding tert-OH is 5. The lowest BCUT2D eigenvalue weighted by atomic mass is 9.88. The van der Waals surface area contributed by atoms with Crippen LogP contribution < -0.4 is 0 Å². The molecule has 0 saturated carbocycles. The van der Waals surface area contributed by atoms with Gasteiger partial charge in [-0.05, 0) is 48.2 Å². The largest absolute Gasteiger partial charge is 0.394 e. The van der Waals surface area contributed by atoms with Gasteiger partial charge in [0.15, 0.2) is 5.58 Å². The molecule has 0 aliphatic carbocycles. The van der Waals surface area contributed by atoms with Gasteiger partial charge in [0.1, 0.15) is 36.6 Å². The Morgan fingerprint density at radius 2 is 1.67 bits per heavy atom. The van der Waals surface area contributed by atoms with Crippen molar-refractivity contribution in [1.29, 1.82) is 0 Å². The third-order valence-electron chi connectivity index (χ3n) is 5.81. The molecule has 8 heteroatoms. The highest BCUT2D eigenvalue weighted by Gasteiger charge is 2.46. The van der Waals surface area contributed by atoms with E-state index in [4.69, 9.17) is 9.26 Å². The van der Waals surface area contributed by atoms with Crippen molar-refractivity contribution in [3.63, 3.8) is 0 Å². The molecule has 0 spiro atoms. The highest BCUT2D eigenvalue weighted by atomic mass is 16.6. The lowest BCUT2D eigenvalue weighted by Gasteiger charge is -2.42. The van der Waals surface area contributed by atoms with Crippen molar-refractivity contribution < 1.29 is 34.8 Å². The molecule has 5 N–H and O–H groups in total. The van der Waals surface area contributed by atoms with Gasteiger partial charge in [0.05, 0.1) is 12.3 Å². The number of benzene rings is 2. The smallest absolute Gasteiger partial charge is 0.167 e. The number of aryl methyl sites for hydroxylation is 2. The monoisotopic (exact) mass is 415 g/mol. The number of aromatic nitrogens is 1. The van der Waals surface area contributed by atoms with Gasteiger partial charge >= 0.3 is 0 Å². The van der Waals surface area contributed by atoms with Gasteiger partial charge in [-0.1, -0.05) is 29.4 Å². The summed E-state index contributed by atoms with van der Waals surface area (Å²) in [5, 5.41) is 55.3. The summed E-state index contributed by atoms with van der Waals surface area (Å²) in [6.45, 7) is 3.16. The van der Waals surface area contributed by atoms with Gasteiger partial charge in [-0.2, -0.15) is 0 Å². The topological polar surface area (TPSA) is 136 Å². The Morgan fingerprint density at radius 3 is 2.37 bits per heavy atom. The zero-order valence-corrected chi connectivity index (χ0v) is 16.6. The van der Waals surface area contributed by atoms with Crippen molar-refractivity contribution in [3.05, 3.63) is 53.2 Å². The van der Waals surface area contributed by atoms with Crippen LogP contribution in [0.3, 0.4) is 0 Å². The Labute approximate surface area is 172 Å². The van der Waals surface area contributed by atoms with E-state index in [1.165, 1.54) is 0 Å². The molecule has 0 amide bonds.